The number of aromatic hydroxyl groups is 1. The Morgan fingerprint density at radius 1 is 1.16 bits per heavy atom. The Morgan fingerprint density at radius 2 is 1.84 bits per heavy atom. The van der Waals surface area contributed by atoms with E-state index in [4.69, 9.17) is 5.11 Å². The number of allylic oxidation sites excluding steroid dienone is 1. The number of hydrogen-bond donors (Lipinski definition) is 3. The van der Waals surface area contributed by atoms with Gasteiger partial charge in [-0.2, -0.15) is 0 Å². The molecule has 0 aromatic heterocycles. The Labute approximate surface area is 146 Å². The topological polar surface area (TPSA) is 94.8 Å². The van der Waals surface area contributed by atoms with E-state index >= 15 is 0 Å². The van der Waals surface area contributed by atoms with Crippen molar-refractivity contribution in [3.8, 4) is 5.75 Å². The largest absolute Gasteiger partial charge is 0.507 e. The summed E-state index contributed by atoms with van der Waals surface area (Å²) < 4.78 is 12.6. The number of aliphatic carboxylic acids is 1. The van der Waals surface area contributed by atoms with E-state index in [1.54, 1.807) is 19.1 Å². The fraction of sp³-hybridized carbons (Fsp3) is 0.211. The van der Waals surface area contributed by atoms with Crippen molar-refractivity contribution in [3.05, 3.63) is 71.3 Å². The van der Waals surface area contributed by atoms with Crippen LogP contribution in [0.2, 0.25) is 0 Å². The lowest BCUT2D eigenvalue weighted by atomic mass is 10.0. The van der Waals surface area contributed by atoms with Crippen LogP contribution in [-0.2, 0) is 15.8 Å². The van der Waals surface area contributed by atoms with Crippen LogP contribution < -0.4 is 0 Å². The van der Waals surface area contributed by atoms with Gasteiger partial charge in [-0.25, -0.2) is 4.79 Å². The highest BCUT2D eigenvalue weighted by atomic mass is 31.2. The van der Waals surface area contributed by atoms with Gasteiger partial charge in [-0.15, -0.1) is 0 Å². The lowest BCUT2D eigenvalue weighted by molar-refractivity contribution is -0.131. The number of carboxylic acid groups (broad SMARTS) is 1. The zero-order valence-electron chi connectivity index (χ0n) is 13.9. The molecule has 132 valence electrons. The molecule has 0 radical (unpaired) electrons. The molecule has 5 nitrogen and oxygen atoms in total. The summed E-state index contributed by atoms with van der Waals surface area (Å²) in [6.45, 7) is 1.80. The highest BCUT2D eigenvalue weighted by Crippen LogP contribution is 2.46. The molecule has 0 saturated carbocycles. The van der Waals surface area contributed by atoms with Crippen LogP contribution in [0.5, 0.6) is 5.75 Å². The molecule has 0 aliphatic heterocycles. The van der Waals surface area contributed by atoms with Crippen LogP contribution in [0.1, 0.15) is 16.7 Å². The molecule has 1 unspecified atom stereocenters. The van der Waals surface area contributed by atoms with Gasteiger partial charge < -0.3 is 15.1 Å². The number of aryl methyl sites for hydroxylation is 2. The highest BCUT2D eigenvalue weighted by molar-refractivity contribution is 7.58. The molecule has 0 fully saturated rings. The smallest absolute Gasteiger partial charge is 0.328 e. The van der Waals surface area contributed by atoms with Crippen molar-refractivity contribution in [2.24, 2.45) is 0 Å². The molecule has 1 atom stereocenters. The highest BCUT2D eigenvalue weighted by Gasteiger charge is 2.23. The third-order valence-electron chi connectivity index (χ3n) is 3.81. The predicted molar refractivity (Wildman–Crippen MR) is 98.2 cm³/mol. The van der Waals surface area contributed by atoms with Gasteiger partial charge in [0.1, 0.15) is 5.75 Å². The number of phenols is 1. The summed E-state index contributed by atoms with van der Waals surface area (Å²) in [6, 6.07) is 14.1. The Kier molecular flexibility index (Phi) is 6.18. The molecule has 6 heteroatoms. The number of hydrogen-bond acceptors (Lipinski definition) is 3. The fourth-order valence-corrected chi connectivity index (χ4v) is 4.12. The third kappa shape index (κ3) is 5.89. The molecule has 2 rings (SSSR count). The molecular formula is C19H21O5P. The molecule has 0 aliphatic carbocycles. The molecule has 2 aromatic rings. The molecule has 0 heterocycles. The zero-order chi connectivity index (χ0) is 18.4. The average molecular weight is 360 g/mol. The van der Waals surface area contributed by atoms with E-state index in [0.717, 1.165) is 17.2 Å². The third-order valence-corrected chi connectivity index (χ3v) is 5.56. The minimum atomic E-state index is -3.61. The summed E-state index contributed by atoms with van der Waals surface area (Å²) in [6.07, 6.45) is 1.05. The second-order valence-corrected chi connectivity index (χ2v) is 8.45. The quantitative estimate of drug-likeness (QED) is 0.517. The van der Waals surface area contributed by atoms with Gasteiger partial charge >= 0.3 is 5.97 Å². The summed E-state index contributed by atoms with van der Waals surface area (Å²) in [7, 11) is -3.61. The van der Waals surface area contributed by atoms with Crippen LogP contribution in [0.3, 0.4) is 0 Å². The summed E-state index contributed by atoms with van der Waals surface area (Å²) >= 11 is 0. The van der Waals surface area contributed by atoms with E-state index in [1.807, 2.05) is 30.3 Å². The van der Waals surface area contributed by atoms with Crippen molar-refractivity contribution < 1.29 is 24.5 Å². The predicted octanol–water partition coefficient (Wildman–Crippen LogP) is 3.68. The average Bonchev–Trinajstić information content (AvgIpc) is 2.55. The Balaban J connectivity index is 2.23. The van der Waals surface area contributed by atoms with Crippen LogP contribution in [0.4, 0.5) is 0 Å². The SMILES string of the molecule is Cc1ccc(O)c(C(=CC(=O)O)CP(=O)(O)CCc2ccccc2)c1. The van der Waals surface area contributed by atoms with Crippen LogP contribution >= 0.6 is 7.37 Å². The molecule has 0 amide bonds. The fourth-order valence-electron chi connectivity index (χ4n) is 2.56. The maximum absolute atomic E-state index is 12.6. The van der Waals surface area contributed by atoms with Gasteiger partial charge in [-0.05, 0) is 36.6 Å². The van der Waals surface area contributed by atoms with Crippen LogP contribution in [0, 0.1) is 6.92 Å². The van der Waals surface area contributed by atoms with Crippen LogP contribution in [0.25, 0.3) is 5.57 Å². The molecule has 0 spiro atoms. The van der Waals surface area contributed by atoms with E-state index in [9.17, 15) is 19.4 Å². The van der Waals surface area contributed by atoms with Gasteiger partial charge in [0, 0.05) is 17.8 Å². The molecule has 0 saturated heterocycles. The van der Waals surface area contributed by atoms with Crippen molar-refractivity contribution >= 4 is 18.9 Å². The monoisotopic (exact) mass is 360 g/mol. The van der Waals surface area contributed by atoms with Crippen LogP contribution in [-0.4, -0.2) is 33.4 Å². The van der Waals surface area contributed by atoms with Crippen molar-refractivity contribution in [2.45, 2.75) is 13.3 Å². The van der Waals surface area contributed by atoms with E-state index in [-0.39, 0.29) is 29.2 Å². The maximum atomic E-state index is 12.6. The summed E-state index contributed by atoms with van der Waals surface area (Å²) in [5, 5.41) is 19.1. The van der Waals surface area contributed by atoms with Crippen molar-refractivity contribution in [2.75, 3.05) is 12.3 Å². The summed E-state index contributed by atoms with van der Waals surface area (Å²) in [5.41, 5.74) is 2.18. The minimum absolute atomic E-state index is 0.0422. The molecule has 0 aliphatic rings. The van der Waals surface area contributed by atoms with E-state index in [1.165, 1.54) is 6.07 Å². The lowest BCUT2D eigenvalue weighted by Gasteiger charge is -2.16. The van der Waals surface area contributed by atoms with E-state index in [2.05, 4.69) is 0 Å². The Bertz CT molecular complexity index is 827. The Morgan fingerprint density at radius 3 is 2.48 bits per heavy atom. The first kappa shape index (κ1) is 19.0. The number of rotatable bonds is 7. The number of carbonyl (C=O) groups is 1. The molecular weight excluding hydrogens is 339 g/mol. The second kappa shape index (κ2) is 8.15. The molecule has 0 bridgehead atoms. The van der Waals surface area contributed by atoms with E-state index < -0.39 is 13.3 Å². The van der Waals surface area contributed by atoms with Gasteiger partial charge in [0.25, 0.3) is 0 Å². The zero-order valence-corrected chi connectivity index (χ0v) is 14.8. The maximum Gasteiger partial charge on any atom is 0.328 e. The Hall–Kier alpha value is -2.36. The van der Waals surface area contributed by atoms with Gasteiger partial charge in [-0.3, -0.25) is 4.57 Å². The molecule has 25 heavy (non-hydrogen) atoms. The van der Waals surface area contributed by atoms with Crippen molar-refractivity contribution in [1.82, 2.24) is 0 Å². The normalized spacial score (nSPS) is 14.1. The minimum Gasteiger partial charge on any atom is -0.507 e. The van der Waals surface area contributed by atoms with Crippen molar-refractivity contribution in [1.29, 1.82) is 0 Å². The number of phenolic OH excluding ortho intramolecular Hbond substituents is 1. The van der Waals surface area contributed by atoms with E-state index in [0.29, 0.717) is 6.42 Å². The van der Waals surface area contributed by atoms with Gasteiger partial charge in [0.15, 0.2) is 0 Å². The summed E-state index contributed by atoms with van der Waals surface area (Å²) in [5.74, 6) is -1.33. The molecule has 3 N–H and O–H groups in total. The van der Waals surface area contributed by atoms with Crippen molar-refractivity contribution in [3.63, 3.8) is 0 Å². The lowest BCUT2D eigenvalue weighted by Crippen LogP contribution is -2.03. The first-order valence-corrected chi connectivity index (χ1v) is 9.88. The second-order valence-electron chi connectivity index (χ2n) is 5.99. The van der Waals surface area contributed by atoms with Gasteiger partial charge in [0.2, 0.25) is 7.37 Å². The molecule has 2 aromatic carbocycles. The number of carboxylic acids is 1. The number of benzene rings is 2. The first-order valence-electron chi connectivity index (χ1n) is 7.85. The standard InChI is InChI=1S/C19H21O5P/c1-14-7-8-18(20)17(11-14)16(12-19(21)22)13-25(23,24)10-9-15-5-3-2-4-6-15/h2-8,11-12,20H,9-10,13H2,1H3,(H,21,22)(H,23,24). The summed E-state index contributed by atoms with van der Waals surface area (Å²) in [4.78, 5) is 21.4. The van der Waals surface area contributed by atoms with Crippen LogP contribution in [0.15, 0.2) is 54.6 Å². The van der Waals surface area contributed by atoms with Gasteiger partial charge in [0.05, 0.1) is 6.16 Å². The first-order chi connectivity index (χ1) is 11.8. The van der Waals surface area contributed by atoms with Gasteiger partial charge in [-0.1, -0.05) is 42.0 Å².